The number of rotatable bonds is 7. The van der Waals surface area contributed by atoms with Crippen LogP contribution in [0.1, 0.15) is 43.0 Å². The Morgan fingerprint density at radius 3 is 2.32 bits per heavy atom. The van der Waals surface area contributed by atoms with Crippen molar-refractivity contribution in [2.24, 2.45) is 0 Å². The minimum absolute atomic E-state index is 0.196. The van der Waals surface area contributed by atoms with E-state index in [0.717, 1.165) is 51.1 Å². The Bertz CT molecular complexity index is 479. The maximum absolute atomic E-state index is 12.1. The highest BCUT2D eigenvalue weighted by Gasteiger charge is 2.20. The molecule has 1 heterocycles. The van der Waals surface area contributed by atoms with Gasteiger partial charge in [0.05, 0.1) is 0 Å². The Kier molecular flexibility index (Phi) is 6.59. The summed E-state index contributed by atoms with van der Waals surface area (Å²) in [6, 6.07) is 9.45. The first-order chi connectivity index (χ1) is 10.7. The van der Waals surface area contributed by atoms with Gasteiger partial charge < -0.3 is 4.90 Å². The van der Waals surface area contributed by atoms with E-state index in [2.05, 4.69) is 11.8 Å². The first-order valence-electron chi connectivity index (χ1n) is 8.29. The summed E-state index contributed by atoms with van der Waals surface area (Å²) in [5.74, 6) is 0.476. The lowest BCUT2D eigenvalue weighted by atomic mass is 10.1. The van der Waals surface area contributed by atoms with Gasteiger partial charge in [0.1, 0.15) is 0 Å². The molecule has 22 heavy (non-hydrogen) atoms. The number of Topliss-reactive ketones (excluding diaryl/α,β-unsaturated/α-hetero) is 1. The fraction of sp³-hybridized carbons (Fsp3) is 0.556. The molecule has 1 aromatic rings. The zero-order valence-corrected chi connectivity index (χ0v) is 13.5. The molecule has 1 amide bonds. The third-order valence-corrected chi connectivity index (χ3v) is 4.22. The van der Waals surface area contributed by atoms with Gasteiger partial charge in [0.2, 0.25) is 5.91 Å². The number of carbonyl (C=O) groups is 2. The minimum Gasteiger partial charge on any atom is -0.340 e. The zero-order valence-electron chi connectivity index (χ0n) is 13.5. The number of carbonyl (C=O) groups excluding carboxylic acids is 2. The number of hydrogen-bond acceptors (Lipinski definition) is 3. The standard InChI is InChI=1S/C18H26N2O2/c1-2-3-9-18(22)20-14-12-19(13-15-20)11-10-17(21)16-7-5-4-6-8-16/h4-8H,2-3,9-15H2,1H3. The van der Waals surface area contributed by atoms with E-state index >= 15 is 0 Å². The molecule has 0 radical (unpaired) electrons. The predicted octanol–water partition coefficient (Wildman–Crippen LogP) is 2.59. The fourth-order valence-corrected chi connectivity index (χ4v) is 2.74. The average Bonchev–Trinajstić information content (AvgIpc) is 2.58. The van der Waals surface area contributed by atoms with Crippen molar-refractivity contribution in [1.82, 2.24) is 9.80 Å². The molecule has 0 N–H and O–H groups in total. The van der Waals surface area contributed by atoms with Crippen molar-refractivity contribution in [1.29, 1.82) is 0 Å². The van der Waals surface area contributed by atoms with Crippen LogP contribution in [-0.4, -0.2) is 54.2 Å². The van der Waals surface area contributed by atoms with E-state index in [4.69, 9.17) is 0 Å². The molecule has 1 saturated heterocycles. The summed E-state index contributed by atoms with van der Waals surface area (Å²) in [6.45, 7) is 6.23. The van der Waals surface area contributed by atoms with Crippen LogP contribution in [0.2, 0.25) is 0 Å². The molecule has 0 aliphatic carbocycles. The van der Waals surface area contributed by atoms with Crippen molar-refractivity contribution in [3.8, 4) is 0 Å². The molecular weight excluding hydrogens is 276 g/mol. The average molecular weight is 302 g/mol. The van der Waals surface area contributed by atoms with Gasteiger partial charge in [-0.05, 0) is 6.42 Å². The minimum atomic E-state index is 0.196. The van der Waals surface area contributed by atoms with Crippen LogP contribution >= 0.6 is 0 Å². The lowest BCUT2D eigenvalue weighted by Crippen LogP contribution is -2.49. The first kappa shape index (κ1) is 16.7. The van der Waals surface area contributed by atoms with Crippen molar-refractivity contribution in [2.75, 3.05) is 32.7 Å². The van der Waals surface area contributed by atoms with Gasteiger partial charge in [0.15, 0.2) is 5.78 Å². The first-order valence-corrected chi connectivity index (χ1v) is 8.29. The van der Waals surface area contributed by atoms with Crippen LogP contribution in [0, 0.1) is 0 Å². The highest BCUT2D eigenvalue weighted by Crippen LogP contribution is 2.08. The number of hydrogen-bond donors (Lipinski definition) is 0. The molecule has 1 aliphatic rings. The Hall–Kier alpha value is -1.68. The summed E-state index contributed by atoms with van der Waals surface area (Å²) in [6.07, 6.45) is 3.26. The normalized spacial score (nSPS) is 15.8. The molecular formula is C18H26N2O2. The van der Waals surface area contributed by atoms with E-state index in [0.29, 0.717) is 12.8 Å². The Morgan fingerprint density at radius 2 is 1.68 bits per heavy atom. The van der Waals surface area contributed by atoms with Gasteiger partial charge in [-0.15, -0.1) is 0 Å². The molecule has 0 atom stereocenters. The van der Waals surface area contributed by atoms with Gasteiger partial charge >= 0.3 is 0 Å². The molecule has 2 rings (SSSR count). The molecule has 4 nitrogen and oxygen atoms in total. The van der Waals surface area contributed by atoms with Crippen LogP contribution in [0.3, 0.4) is 0 Å². The Labute approximate surface area is 133 Å². The molecule has 0 bridgehead atoms. The quantitative estimate of drug-likeness (QED) is 0.727. The summed E-state index contributed by atoms with van der Waals surface area (Å²) < 4.78 is 0. The highest BCUT2D eigenvalue weighted by atomic mass is 16.2. The second-order valence-electron chi connectivity index (χ2n) is 5.87. The number of unbranched alkanes of at least 4 members (excludes halogenated alkanes) is 1. The van der Waals surface area contributed by atoms with Gasteiger partial charge in [0, 0.05) is 51.1 Å². The fourth-order valence-electron chi connectivity index (χ4n) is 2.74. The molecule has 1 aliphatic heterocycles. The number of amides is 1. The second kappa shape index (κ2) is 8.69. The summed E-state index contributed by atoms with van der Waals surface area (Å²) in [5.41, 5.74) is 0.788. The van der Waals surface area contributed by atoms with Crippen LogP contribution in [0.5, 0.6) is 0 Å². The van der Waals surface area contributed by atoms with Gasteiger partial charge in [-0.2, -0.15) is 0 Å². The predicted molar refractivity (Wildman–Crippen MR) is 87.9 cm³/mol. The third kappa shape index (κ3) is 4.95. The number of benzene rings is 1. The molecule has 0 spiro atoms. The van der Waals surface area contributed by atoms with Crippen molar-refractivity contribution in [3.63, 3.8) is 0 Å². The number of piperazine rings is 1. The number of nitrogens with zero attached hydrogens (tertiary/aromatic N) is 2. The van der Waals surface area contributed by atoms with E-state index in [1.807, 2.05) is 35.2 Å². The molecule has 1 aromatic carbocycles. The highest BCUT2D eigenvalue weighted by molar-refractivity contribution is 5.96. The summed E-state index contributed by atoms with van der Waals surface area (Å²) >= 11 is 0. The second-order valence-corrected chi connectivity index (χ2v) is 5.87. The van der Waals surface area contributed by atoms with E-state index in [1.165, 1.54) is 0 Å². The van der Waals surface area contributed by atoms with Gasteiger partial charge in [0.25, 0.3) is 0 Å². The Morgan fingerprint density at radius 1 is 1.00 bits per heavy atom. The topological polar surface area (TPSA) is 40.6 Å². The van der Waals surface area contributed by atoms with Crippen molar-refractivity contribution >= 4 is 11.7 Å². The molecule has 1 fully saturated rings. The largest absolute Gasteiger partial charge is 0.340 e. The van der Waals surface area contributed by atoms with Crippen molar-refractivity contribution in [3.05, 3.63) is 35.9 Å². The zero-order chi connectivity index (χ0) is 15.8. The third-order valence-electron chi connectivity index (χ3n) is 4.22. The number of ketones is 1. The van der Waals surface area contributed by atoms with Gasteiger partial charge in [-0.3, -0.25) is 14.5 Å². The summed E-state index contributed by atoms with van der Waals surface area (Å²) in [7, 11) is 0. The molecule has 4 heteroatoms. The maximum atomic E-state index is 12.1. The van der Waals surface area contributed by atoms with Crippen LogP contribution in [-0.2, 0) is 4.79 Å². The van der Waals surface area contributed by atoms with Crippen LogP contribution < -0.4 is 0 Å². The van der Waals surface area contributed by atoms with Crippen LogP contribution in [0.25, 0.3) is 0 Å². The lowest BCUT2D eigenvalue weighted by Gasteiger charge is -2.34. The van der Waals surface area contributed by atoms with E-state index < -0.39 is 0 Å². The van der Waals surface area contributed by atoms with Crippen LogP contribution in [0.15, 0.2) is 30.3 Å². The van der Waals surface area contributed by atoms with E-state index in [-0.39, 0.29) is 11.7 Å². The lowest BCUT2D eigenvalue weighted by molar-refractivity contribution is -0.133. The van der Waals surface area contributed by atoms with Crippen molar-refractivity contribution in [2.45, 2.75) is 32.6 Å². The molecule has 0 aromatic heterocycles. The monoisotopic (exact) mass is 302 g/mol. The molecule has 0 unspecified atom stereocenters. The molecule has 0 saturated carbocycles. The maximum Gasteiger partial charge on any atom is 0.222 e. The smallest absolute Gasteiger partial charge is 0.222 e. The van der Waals surface area contributed by atoms with E-state index in [1.54, 1.807) is 0 Å². The van der Waals surface area contributed by atoms with Crippen LogP contribution in [0.4, 0.5) is 0 Å². The summed E-state index contributed by atoms with van der Waals surface area (Å²) in [4.78, 5) is 28.3. The van der Waals surface area contributed by atoms with Gasteiger partial charge in [-0.25, -0.2) is 0 Å². The SMILES string of the molecule is CCCCC(=O)N1CCN(CCC(=O)c2ccccc2)CC1. The molecule has 120 valence electrons. The summed E-state index contributed by atoms with van der Waals surface area (Å²) in [5, 5.41) is 0. The van der Waals surface area contributed by atoms with Crippen molar-refractivity contribution < 1.29 is 9.59 Å². The Balaban J connectivity index is 1.69. The van der Waals surface area contributed by atoms with Gasteiger partial charge in [-0.1, -0.05) is 43.7 Å². The van der Waals surface area contributed by atoms with E-state index in [9.17, 15) is 9.59 Å².